The van der Waals surface area contributed by atoms with Crippen LogP contribution in [0.3, 0.4) is 0 Å². The summed E-state index contributed by atoms with van der Waals surface area (Å²) in [5.41, 5.74) is 5.22. The van der Waals surface area contributed by atoms with Crippen LogP contribution in [0.25, 0.3) is 0 Å². The molecule has 4 nitrogen and oxygen atoms in total. The number of nitrogens with zero attached hydrogens (tertiary/aromatic N) is 1. The molecule has 2 aromatic carbocycles. The fourth-order valence-electron chi connectivity index (χ4n) is 2.15. The predicted octanol–water partition coefficient (Wildman–Crippen LogP) is 3.79. The number of benzene rings is 2. The summed E-state index contributed by atoms with van der Waals surface area (Å²) >= 11 is 0. The topological polar surface area (TPSA) is 50.7 Å². The first-order valence-electron chi connectivity index (χ1n) is 7.76. The summed E-state index contributed by atoms with van der Waals surface area (Å²) in [4.78, 5) is 11.8. The van der Waals surface area contributed by atoms with Crippen LogP contribution in [0.4, 0.5) is 4.39 Å². The zero-order valence-corrected chi connectivity index (χ0v) is 14.0. The van der Waals surface area contributed by atoms with E-state index in [4.69, 9.17) is 4.74 Å². The minimum atomic E-state index is -0.357. The van der Waals surface area contributed by atoms with Crippen molar-refractivity contribution in [2.24, 2.45) is 5.10 Å². The molecule has 0 aliphatic carbocycles. The Balaban J connectivity index is 1.89. The lowest BCUT2D eigenvalue weighted by molar-refractivity contribution is -0.123. The van der Waals surface area contributed by atoms with Crippen molar-refractivity contribution < 1.29 is 13.9 Å². The van der Waals surface area contributed by atoms with Crippen molar-refractivity contribution in [3.05, 3.63) is 65.0 Å². The van der Waals surface area contributed by atoms with Crippen molar-refractivity contribution in [1.29, 1.82) is 0 Å². The quantitative estimate of drug-likeness (QED) is 0.648. The maximum Gasteiger partial charge on any atom is 0.277 e. The fourth-order valence-corrected chi connectivity index (χ4v) is 2.15. The third-order valence-electron chi connectivity index (χ3n) is 3.42. The number of hydrazone groups is 1. The Morgan fingerprint density at radius 3 is 2.62 bits per heavy atom. The lowest BCUT2D eigenvalue weighted by atomic mass is 10.0. The number of ether oxygens (including phenoxy) is 1. The molecule has 0 saturated carbocycles. The van der Waals surface area contributed by atoms with Crippen molar-refractivity contribution in [3.63, 3.8) is 0 Å². The molecule has 0 radical (unpaired) electrons. The van der Waals surface area contributed by atoms with Crippen LogP contribution < -0.4 is 10.2 Å². The van der Waals surface area contributed by atoms with E-state index in [2.05, 4.69) is 24.4 Å². The fraction of sp³-hybridized carbons (Fsp3) is 0.263. The van der Waals surface area contributed by atoms with Crippen LogP contribution in [-0.2, 0) is 4.79 Å². The Labute approximate surface area is 141 Å². The molecule has 0 heterocycles. The first kappa shape index (κ1) is 17.7. The second kappa shape index (κ2) is 8.24. The summed E-state index contributed by atoms with van der Waals surface area (Å²) in [6.07, 6.45) is 1.45. The SMILES string of the molecule is Cc1ccc(C(C)C)c(OCC(=O)NN=Cc2ccc(F)cc2)c1. The first-order valence-corrected chi connectivity index (χ1v) is 7.76. The van der Waals surface area contributed by atoms with Crippen LogP contribution in [-0.4, -0.2) is 18.7 Å². The van der Waals surface area contributed by atoms with Gasteiger partial charge < -0.3 is 4.74 Å². The zero-order chi connectivity index (χ0) is 17.5. The number of halogens is 1. The largest absolute Gasteiger partial charge is 0.483 e. The lowest BCUT2D eigenvalue weighted by Gasteiger charge is -2.14. The molecule has 0 aliphatic rings. The highest BCUT2D eigenvalue weighted by Crippen LogP contribution is 2.27. The molecule has 0 bridgehead atoms. The zero-order valence-electron chi connectivity index (χ0n) is 14.0. The van der Waals surface area contributed by atoms with Crippen LogP contribution in [0, 0.1) is 12.7 Å². The third-order valence-corrected chi connectivity index (χ3v) is 3.42. The summed E-state index contributed by atoms with van der Waals surface area (Å²) in [5, 5.41) is 3.83. The summed E-state index contributed by atoms with van der Waals surface area (Å²) in [7, 11) is 0. The molecule has 0 aliphatic heterocycles. The molecule has 0 spiro atoms. The average Bonchev–Trinajstić information content (AvgIpc) is 2.54. The molecule has 1 amide bonds. The van der Waals surface area contributed by atoms with Crippen molar-refractivity contribution in [2.75, 3.05) is 6.61 Å². The molecular weight excluding hydrogens is 307 g/mol. The van der Waals surface area contributed by atoms with Gasteiger partial charge >= 0.3 is 0 Å². The molecule has 0 saturated heterocycles. The molecule has 2 rings (SSSR count). The normalized spacial score (nSPS) is 11.0. The molecule has 5 heteroatoms. The Morgan fingerprint density at radius 1 is 1.25 bits per heavy atom. The third kappa shape index (κ3) is 5.19. The van der Waals surface area contributed by atoms with Crippen LogP contribution >= 0.6 is 0 Å². The predicted molar refractivity (Wildman–Crippen MR) is 92.9 cm³/mol. The Kier molecular flexibility index (Phi) is 6.07. The van der Waals surface area contributed by atoms with E-state index in [1.165, 1.54) is 18.3 Å². The van der Waals surface area contributed by atoms with Gasteiger partial charge in [0, 0.05) is 0 Å². The van der Waals surface area contributed by atoms with Gasteiger partial charge in [-0.1, -0.05) is 38.1 Å². The van der Waals surface area contributed by atoms with E-state index >= 15 is 0 Å². The average molecular weight is 328 g/mol. The number of carbonyl (C=O) groups excluding carboxylic acids is 1. The van der Waals surface area contributed by atoms with Gasteiger partial charge in [-0.3, -0.25) is 4.79 Å². The molecule has 0 aromatic heterocycles. The minimum Gasteiger partial charge on any atom is -0.483 e. The Bertz CT molecular complexity index is 725. The number of rotatable bonds is 6. The molecule has 126 valence electrons. The number of hydrogen-bond acceptors (Lipinski definition) is 3. The summed E-state index contributed by atoms with van der Waals surface area (Å²) in [6.45, 7) is 6.00. The summed E-state index contributed by atoms with van der Waals surface area (Å²) < 4.78 is 18.4. The van der Waals surface area contributed by atoms with E-state index in [0.29, 0.717) is 17.2 Å². The smallest absolute Gasteiger partial charge is 0.277 e. The number of aryl methyl sites for hydroxylation is 1. The maximum atomic E-state index is 12.8. The highest BCUT2D eigenvalue weighted by atomic mass is 19.1. The van der Waals surface area contributed by atoms with Gasteiger partial charge in [0.15, 0.2) is 6.61 Å². The second-order valence-corrected chi connectivity index (χ2v) is 5.83. The van der Waals surface area contributed by atoms with Gasteiger partial charge in [0.2, 0.25) is 0 Å². The standard InChI is InChI=1S/C19H21FN2O2/c1-13(2)17-9-4-14(3)10-18(17)24-12-19(23)22-21-11-15-5-7-16(20)8-6-15/h4-11,13H,12H2,1-3H3,(H,22,23). The summed E-state index contributed by atoms with van der Waals surface area (Å²) in [5.74, 6) is 0.344. The highest BCUT2D eigenvalue weighted by Gasteiger charge is 2.09. The van der Waals surface area contributed by atoms with Crippen molar-refractivity contribution >= 4 is 12.1 Å². The van der Waals surface area contributed by atoms with Gasteiger partial charge in [-0.25, -0.2) is 9.82 Å². The van der Waals surface area contributed by atoms with E-state index < -0.39 is 0 Å². The van der Waals surface area contributed by atoms with E-state index in [1.807, 2.05) is 25.1 Å². The van der Waals surface area contributed by atoms with E-state index in [1.54, 1.807) is 12.1 Å². The van der Waals surface area contributed by atoms with Crippen LogP contribution in [0.5, 0.6) is 5.75 Å². The number of nitrogens with one attached hydrogen (secondary N) is 1. The monoisotopic (exact) mass is 328 g/mol. The van der Waals surface area contributed by atoms with Gasteiger partial charge in [0.25, 0.3) is 5.91 Å². The van der Waals surface area contributed by atoms with Gasteiger partial charge in [-0.2, -0.15) is 5.10 Å². The number of carbonyl (C=O) groups is 1. The summed E-state index contributed by atoms with van der Waals surface area (Å²) in [6, 6.07) is 11.8. The second-order valence-electron chi connectivity index (χ2n) is 5.83. The van der Waals surface area contributed by atoms with Gasteiger partial charge in [-0.05, 0) is 47.7 Å². The van der Waals surface area contributed by atoms with E-state index in [-0.39, 0.29) is 18.3 Å². The van der Waals surface area contributed by atoms with Crippen molar-refractivity contribution in [2.45, 2.75) is 26.7 Å². The molecule has 0 unspecified atom stereocenters. The van der Waals surface area contributed by atoms with Crippen molar-refractivity contribution in [1.82, 2.24) is 5.43 Å². The van der Waals surface area contributed by atoms with Crippen LogP contribution in [0.1, 0.15) is 36.5 Å². The van der Waals surface area contributed by atoms with Crippen LogP contribution in [0.15, 0.2) is 47.6 Å². The van der Waals surface area contributed by atoms with Crippen molar-refractivity contribution in [3.8, 4) is 5.75 Å². The Hall–Kier alpha value is -2.69. The minimum absolute atomic E-state index is 0.121. The number of hydrogen-bond donors (Lipinski definition) is 1. The van der Waals surface area contributed by atoms with E-state index in [0.717, 1.165) is 11.1 Å². The number of amides is 1. The Morgan fingerprint density at radius 2 is 1.96 bits per heavy atom. The van der Waals surface area contributed by atoms with E-state index in [9.17, 15) is 9.18 Å². The molecule has 0 fully saturated rings. The molecule has 2 aromatic rings. The lowest BCUT2D eigenvalue weighted by Crippen LogP contribution is -2.25. The van der Waals surface area contributed by atoms with Gasteiger partial charge in [-0.15, -0.1) is 0 Å². The molecular formula is C19H21FN2O2. The van der Waals surface area contributed by atoms with Gasteiger partial charge in [0.05, 0.1) is 6.21 Å². The van der Waals surface area contributed by atoms with Crippen LogP contribution in [0.2, 0.25) is 0 Å². The molecule has 0 atom stereocenters. The first-order chi connectivity index (χ1) is 11.5. The molecule has 1 N–H and O–H groups in total. The molecule has 24 heavy (non-hydrogen) atoms. The van der Waals surface area contributed by atoms with Gasteiger partial charge in [0.1, 0.15) is 11.6 Å². The maximum absolute atomic E-state index is 12.8. The highest BCUT2D eigenvalue weighted by molar-refractivity contribution is 5.82.